The fourth-order valence-electron chi connectivity index (χ4n) is 2.13. The van der Waals surface area contributed by atoms with Crippen molar-refractivity contribution in [2.45, 2.75) is 58.9 Å². The molecular weight excluding hydrogens is 244 g/mol. The van der Waals surface area contributed by atoms with Crippen LogP contribution in [0.5, 0.6) is 0 Å². The molecule has 1 saturated carbocycles. The number of amides is 2. The Balaban J connectivity index is 2.26. The van der Waals surface area contributed by atoms with Gasteiger partial charge in [-0.2, -0.15) is 0 Å². The minimum absolute atomic E-state index is 0.0596. The van der Waals surface area contributed by atoms with Crippen molar-refractivity contribution in [3.63, 3.8) is 0 Å². The van der Waals surface area contributed by atoms with Crippen LogP contribution in [0.1, 0.15) is 52.9 Å². The van der Waals surface area contributed by atoms with Crippen molar-refractivity contribution in [3.05, 3.63) is 0 Å². The Morgan fingerprint density at radius 1 is 1.26 bits per heavy atom. The lowest BCUT2D eigenvalue weighted by Crippen LogP contribution is -2.38. The Hall–Kier alpha value is -1.26. The summed E-state index contributed by atoms with van der Waals surface area (Å²) in [6.07, 6.45) is 3.82. The number of carboxylic acid groups (broad SMARTS) is 1. The van der Waals surface area contributed by atoms with Gasteiger partial charge in [-0.05, 0) is 37.0 Å². The van der Waals surface area contributed by atoms with E-state index in [1.165, 1.54) is 0 Å². The number of hydrogen-bond donors (Lipinski definition) is 3. The summed E-state index contributed by atoms with van der Waals surface area (Å²) in [5.74, 6) is -0.460. The lowest BCUT2D eigenvalue weighted by atomic mass is 9.76. The first kappa shape index (κ1) is 15.8. The van der Waals surface area contributed by atoms with Gasteiger partial charge in [-0.15, -0.1) is 0 Å². The van der Waals surface area contributed by atoms with E-state index in [2.05, 4.69) is 31.4 Å². The molecule has 5 heteroatoms. The molecule has 1 fully saturated rings. The smallest absolute Gasteiger partial charge is 0.315 e. The third-order valence-corrected chi connectivity index (χ3v) is 3.62. The highest BCUT2D eigenvalue weighted by atomic mass is 16.4. The second-order valence-electron chi connectivity index (χ2n) is 6.46. The summed E-state index contributed by atoms with van der Waals surface area (Å²) in [5, 5.41) is 14.5. The van der Waals surface area contributed by atoms with Crippen LogP contribution in [0.15, 0.2) is 0 Å². The minimum atomic E-state index is -0.756. The predicted octanol–water partition coefficient (Wildman–Crippen LogP) is 2.37. The van der Waals surface area contributed by atoms with Crippen LogP contribution >= 0.6 is 0 Å². The lowest BCUT2D eigenvalue weighted by Gasteiger charge is -2.30. The average Bonchev–Trinajstić information content (AvgIpc) is 3.04. The van der Waals surface area contributed by atoms with Crippen molar-refractivity contribution >= 4 is 12.0 Å². The molecule has 1 aliphatic rings. The van der Waals surface area contributed by atoms with E-state index in [1.807, 2.05) is 0 Å². The molecule has 2 amide bonds. The molecule has 1 rings (SSSR count). The van der Waals surface area contributed by atoms with E-state index in [9.17, 15) is 9.59 Å². The van der Waals surface area contributed by atoms with Crippen molar-refractivity contribution in [1.82, 2.24) is 10.6 Å². The van der Waals surface area contributed by atoms with Gasteiger partial charge in [-0.25, -0.2) is 4.79 Å². The molecule has 0 aromatic heterocycles. The molecule has 0 aromatic rings. The number of urea groups is 1. The summed E-state index contributed by atoms with van der Waals surface area (Å²) in [5.41, 5.74) is 0.0596. The zero-order valence-electron chi connectivity index (χ0n) is 12.2. The third-order valence-electron chi connectivity index (χ3n) is 3.62. The van der Waals surface area contributed by atoms with E-state index in [4.69, 9.17) is 5.11 Å². The Morgan fingerprint density at radius 3 is 2.37 bits per heavy atom. The summed E-state index contributed by atoms with van der Waals surface area (Å²) in [4.78, 5) is 22.1. The van der Waals surface area contributed by atoms with Crippen molar-refractivity contribution in [2.75, 3.05) is 6.54 Å². The van der Waals surface area contributed by atoms with Crippen LogP contribution in [-0.4, -0.2) is 29.7 Å². The number of hydrogen-bond acceptors (Lipinski definition) is 2. The Morgan fingerprint density at radius 2 is 1.89 bits per heavy atom. The van der Waals surface area contributed by atoms with Crippen LogP contribution in [0.4, 0.5) is 4.79 Å². The summed E-state index contributed by atoms with van der Waals surface area (Å²) < 4.78 is 0. The van der Waals surface area contributed by atoms with Gasteiger partial charge in [0.25, 0.3) is 0 Å². The highest BCUT2D eigenvalue weighted by molar-refractivity contribution is 5.74. The molecular formula is C14H26N2O3. The topological polar surface area (TPSA) is 78.4 Å². The largest absolute Gasteiger partial charge is 0.481 e. The van der Waals surface area contributed by atoms with Crippen LogP contribution in [0.2, 0.25) is 0 Å². The molecule has 0 bridgehead atoms. The average molecular weight is 270 g/mol. The van der Waals surface area contributed by atoms with Crippen molar-refractivity contribution in [2.24, 2.45) is 11.3 Å². The molecule has 1 atom stereocenters. The minimum Gasteiger partial charge on any atom is -0.481 e. The Kier molecular flexibility index (Phi) is 5.63. The van der Waals surface area contributed by atoms with Gasteiger partial charge in [0, 0.05) is 19.0 Å². The van der Waals surface area contributed by atoms with E-state index in [0.29, 0.717) is 24.9 Å². The predicted molar refractivity (Wildman–Crippen MR) is 74.0 cm³/mol. The van der Waals surface area contributed by atoms with E-state index >= 15 is 0 Å². The monoisotopic (exact) mass is 270 g/mol. The van der Waals surface area contributed by atoms with Crippen molar-refractivity contribution in [3.8, 4) is 0 Å². The second-order valence-corrected chi connectivity index (χ2v) is 6.46. The van der Waals surface area contributed by atoms with Crippen molar-refractivity contribution < 1.29 is 14.7 Å². The quantitative estimate of drug-likeness (QED) is 0.664. The van der Waals surface area contributed by atoms with Gasteiger partial charge < -0.3 is 15.7 Å². The SMILES string of the molecule is CC(C)(C)C(CCNC(=O)NC1CC1)CCC(=O)O. The maximum atomic E-state index is 11.5. The van der Waals surface area contributed by atoms with Crippen LogP contribution in [0.25, 0.3) is 0 Å². The number of carboxylic acids is 1. The van der Waals surface area contributed by atoms with Gasteiger partial charge in [0.1, 0.15) is 0 Å². The van der Waals surface area contributed by atoms with Gasteiger partial charge in [0.2, 0.25) is 0 Å². The number of carbonyl (C=O) groups excluding carboxylic acids is 1. The summed E-state index contributed by atoms with van der Waals surface area (Å²) in [6.45, 7) is 6.94. The normalized spacial score (nSPS) is 16.8. The second kappa shape index (κ2) is 6.78. The van der Waals surface area contributed by atoms with Gasteiger partial charge in [-0.3, -0.25) is 4.79 Å². The van der Waals surface area contributed by atoms with Gasteiger partial charge in [0.15, 0.2) is 0 Å². The van der Waals surface area contributed by atoms with Crippen molar-refractivity contribution in [1.29, 1.82) is 0 Å². The lowest BCUT2D eigenvalue weighted by molar-refractivity contribution is -0.137. The van der Waals surface area contributed by atoms with E-state index in [1.54, 1.807) is 0 Å². The van der Waals surface area contributed by atoms with Gasteiger partial charge in [0.05, 0.1) is 0 Å². The molecule has 5 nitrogen and oxygen atoms in total. The Labute approximate surface area is 115 Å². The number of aliphatic carboxylic acids is 1. The molecule has 0 aliphatic heterocycles. The summed E-state index contributed by atoms with van der Waals surface area (Å²) >= 11 is 0. The molecule has 0 saturated heterocycles. The fraction of sp³-hybridized carbons (Fsp3) is 0.857. The molecule has 0 heterocycles. The van der Waals surface area contributed by atoms with Crippen LogP contribution in [0.3, 0.4) is 0 Å². The molecule has 1 unspecified atom stereocenters. The number of carbonyl (C=O) groups is 2. The number of nitrogens with one attached hydrogen (secondary N) is 2. The first-order chi connectivity index (χ1) is 8.79. The Bertz CT molecular complexity index is 319. The molecule has 0 radical (unpaired) electrons. The van der Waals surface area contributed by atoms with Crippen LogP contribution in [0, 0.1) is 11.3 Å². The maximum absolute atomic E-state index is 11.5. The molecule has 1 aliphatic carbocycles. The highest BCUT2D eigenvalue weighted by Crippen LogP contribution is 2.32. The van der Waals surface area contributed by atoms with Crippen LogP contribution in [-0.2, 0) is 4.79 Å². The third kappa shape index (κ3) is 7.03. The number of rotatable bonds is 7. The van der Waals surface area contributed by atoms with Gasteiger partial charge in [-0.1, -0.05) is 20.8 Å². The standard InChI is InChI=1S/C14H26N2O3/c1-14(2,3)10(4-7-12(17)18)8-9-15-13(19)16-11-5-6-11/h10-11H,4-9H2,1-3H3,(H,17,18)(H2,15,16,19). The molecule has 3 N–H and O–H groups in total. The fourth-order valence-corrected chi connectivity index (χ4v) is 2.13. The summed E-state index contributed by atoms with van der Waals surface area (Å²) in [7, 11) is 0. The van der Waals surface area contributed by atoms with E-state index < -0.39 is 5.97 Å². The van der Waals surface area contributed by atoms with Crippen LogP contribution < -0.4 is 10.6 Å². The zero-order chi connectivity index (χ0) is 14.5. The first-order valence-corrected chi connectivity index (χ1v) is 7.05. The first-order valence-electron chi connectivity index (χ1n) is 7.05. The van der Waals surface area contributed by atoms with E-state index in [-0.39, 0.29) is 17.9 Å². The summed E-state index contributed by atoms with van der Waals surface area (Å²) in [6, 6.07) is 0.263. The zero-order valence-corrected chi connectivity index (χ0v) is 12.2. The molecule has 19 heavy (non-hydrogen) atoms. The molecule has 0 aromatic carbocycles. The molecule has 110 valence electrons. The van der Waals surface area contributed by atoms with Gasteiger partial charge >= 0.3 is 12.0 Å². The molecule has 0 spiro atoms. The van der Waals surface area contributed by atoms with E-state index in [0.717, 1.165) is 19.3 Å². The maximum Gasteiger partial charge on any atom is 0.315 e. The highest BCUT2D eigenvalue weighted by Gasteiger charge is 2.26.